The zero-order valence-corrected chi connectivity index (χ0v) is 12.7. The maximum atomic E-state index is 11.6. The Balaban J connectivity index is 3.96. The minimum atomic E-state index is -0.489. The van der Waals surface area contributed by atoms with Gasteiger partial charge in [0.05, 0.1) is 0 Å². The molecular formula is C15H26N2O2. The number of carbonyl (C=O) groups excluding carboxylic acids is 2. The summed E-state index contributed by atoms with van der Waals surface area (Å²) in [6, 6.07) is -0.489. The summed E-state index contributed by atoms with van der Waals surface area (Å²) in [6.07, 6.45) is 6.25. The molecule has 2 amide bonds. The smallest absolute Gasteiger partial charge is 0.242 e. The number of nitrogens with one attached hydrogen (secondary N) is 2. The lowest BCUT2D eigenvalue weighted by Gasteiger charge is -2.11. The van der Waals surface area contributed by atoms with Crippen molar-refractivity contribution in [3.63, 3.8) is 0 Å². The van der Waals surface area contributed by atoms with Crippen LogP contribution in [0.2, 0.25) is 0 Å². The third-order valence-corrected chi connectivity index (χ3v) is 2.63. The van der Waals surface area contributed by atoms with Crippen molar-refractivity contribution < 1.29 is 9.59 Å². The molecule has 2 N–H and O–H groups in total. The van der Waals surface area contributed by atoms with E-state index in [2.05, 4.69) is 37.5 Å². The fourth-order valence-corrected chi connectivity index (χ4v) is 1.54. The number of hydrogen-bond donors (Lipinski definition) is 2. The van der Waals surface area contributed by atoms with Gasteiger partial charge in [0.1, 0.15) is 6.04 Å². The van der Waals surface area contributed by atoms with Gasteiger partial charge in [-0.3, -0.25) is 9.59 Å². The van der Waals surface area contributed by atoms with Crippen LogP contribution in [0.3, 0.4) is 0 Å². The molecule has 0 aromatic carbocycles. The topological polar surface area (TPSA) is 58.2 Å². The van der Waals surface area contributed by atoms with Crippen molar-refractivity contribution in [2.75, 3.05) is 6.54 Å². The first-order valence-electron chi connectivity index (χ1n) is 6.66. The summed E-state index contributed by atoms with van der Waals surface area (Å²) in [5.74, 6) is -0.361. The van der Waals surface area contributed by atoms with Crippen LogP contribution in [0.25, 0.3) is 0 Å². The number of carbonyl (C=O) groups is 2. The van der Waals surface area contributed by atoms with Gasteiger partial charge in [-0.1, -0.05) is 23.3 Å². The maximum absolute atomic E-state index is 11.6. The van der Waals surface area contributed by atoms with E-state index >= 15 is 0 Å². The first kappa shape index (κ1) is 17.4. The van der Waals surface area contributed by atoms with Crippen LogP contribution in [-0.4, -0.2) is 24.4 Å². The van der Waals surface area contributed by atoms with Crippen molar-refractivity contribution in [1.82, 2.24) is 10.6 Å². The summed E-state index contributed by atoms with van der Waals surface area (Å²) in [5.41, 5.74) is 2.58. The van der Waals surface area contributed by atoms with Gasteiger partial charge in [0, 0.05) is 13.5 Å². The van der Waals surface area contributed by atoms with Crippen molar-refractivity contribution in [2.24, 2.45) is 0 Å². The molecule has 0 aliphatic rings. The molecule has 1 atom stereocenters. The number of hydrogen-bond acceptors (Lipinski definition) is 2. The molecule has 4 heteroatoms. The lowest BCUT2D eigenvalue weighted by molar-refractivity contribution is -0.127. The van der Waals surface area contributed by atoms with Crippen LogP contribution in [0.1, 0.15) is 47.5 Å². The summed E-state index contributed by atoms with van der Waals surface area (Å²) in [6.45, 7) is 9.80. The van der Waals surface area contributed by atoms with Crippen molar-refractivity contribution in [2.45, 2.75) is 53.5 Å². The summed E-state index contributed by atoms with van der Waals surface area (Å²) < 4.78 is 0. The molecule has 0 fully saturated rings. The summed E-state index contributed by atoms with van der Waals surface area (Å²) in [4.78, 5) is 22.4. The minimum absolute atomic E-state index is 0.163. The predicted molar refractivity (Wildman–Crippen MR) is 78.7 cm³/mol. The lowest BCUT2D eigenvalue weighted by atomic mass is 10.1. The molecule has 0 aromatic heterocycles. The Labute approximate surface area is 116 Å². The first-order valence-corrected chi connectivity index (χ1v) is 6.66. The molecule has 108 valence electrons. The third-order valence-electron chi connectivity index (χ3n) is 2.63. The Morgan fingerprint density at radius 2 is 1.74 bits per heavy atom. The maximum Gasteiger partial charge on any atom is 0.242 e. The second-order valence-corrected chi connectivity index (χ2v) is 5.04. The average Bonchev–Trinajstić information content (AvgIpc) is 2.27. The molecule has 0 radical (unpaired) electrons. The van der Waals surface area contributed by atoms with Gasteiger partial charge in [0.15, 0.2) is 0 Å². The molecule has 0 aliphatic carbocycles. The highest BCUT2D eigenvalue weighted by Crippen LogP contribution is 2.05. The van der Waals surface area contributed by atoms with Crippen molar-refractivity contribution in [3.8, 4) is 0 Å². The van der Waals surface area contributed by atoms with E-state index in [1.165, 1.54) is 18.1 Å². The average molecular weight is 266 g/mol. The van der Waals surface area contributed by atoms with E-state index in [4.69, 9.17) is 0 Å². The molecule has 0 unspecified atom stereocenters. The van der Waals surface area contributed by atoms with Gasteiger partial charge >= 0.3 is 0 Å². The monoisotopic (exact) mass is 266 g/mol. The van der Waals surface area contributed by atoms with Crippen LogP contribution >= 0.6 is 0 Å². The van der Waals surface area contributed by atoms with Crippen molar-refractivity contribution >= 4 is 11.8 Å². The van der Waals surface area contributed by atoms with E-state index in [9.17, 15) is 9.59 Å². The van der Waals surface area contributed by atoms with Gasteiger partial charge in [-0.25, -0.2) is 0 Å². The molecule has 0 aliphatic heterocycles. The zero-order valence-electron chi connectivity index (χ0n) is 12.7. The fourth-order valence-electron chi connectivity index (χ4n) is 1.54. The number of allylic oxidation sites excluding steroid dienone is 3. The van der Waals surface area contributed by atoms with Crippen molar-refractivity contribution in [1.29, 1.82) is 0 Å². The molecule has 0 rings (SSSR count). The molecular weight excluding hydrogens is 240 g/mol. The summed E-state index contributed by atoms with van der Waals surface area (Å²) >= 11 is 0. The lowest BCUT2D eigenvalue weighted by Crippen LogP contribution is -2.44. The van der Waals surface area contributed by atoms with Crippen LogP contribution in [0.5, 0.6) is 0 Å². The van der Waals surface area contributed by atoms with Crippen LogP contribution < -0.4 is 10.6 Å². The second-order valence-electron chi connectivity index (χ2n) is 5.04. The molecule has 0 aromatic rings. The number of rotatable bonds is 7. The number of amides is 2. The zero-order chi connectivity index (χ0) is 14.8. The highest BCUT2D eigenvalue weighted by atomic mass is 16.2. The highest BCUT2D eigenvalue weighted by molar-refractivity contribution is 5.86. The molecule has 19 heavy (non-hydrogen) atoms. The van der Waals surface area contributed by atoms with Gasteiger partial charge < -0.3 is 10.6 Å². The second kappa shape index (κ2) is 9.36. The SMILES string of the molecule is CC(=O)N[C@@H](C)C(=O)NC/C=C(\C)CCC=C(C)C. The van der Waals surface area contributed by atoms with E-state index in [0.29, 0.717) is 6.54 Å². The van der Waals surface area contributed by atoms with E-state index in [0.717, 1.165) is 12.8 Å². The van der Waals surface area contributed by atoms with Crippen LogP contribution in [-0.2, 0) is 9.59 Å². The molecule has 0 saturated carbocycles. The Morgan fingerprint density at radius 3 is 2.26 bits per heavy atom. The van der Waals surface area contributed by atoms with E-state index in [-0.39, 0.29) is 11.8 Å². The van der Waals surface area contributed by atoms with Gasteiger partial charge in [-0.05, 0) is 40.5 Å². The molecule has 0 saturated heterocycles. The van der Waals surface area contributed by atoms with Gasteiger partial charge in [0.2, 0.25) is 11.8 Å². The summed E-state index contributed by atoms with van der Waals surface area (Å²) in [5, 5.41) is 5.32. The molecule has 0 heterocycles. The predicted octanol–water partition coefficient (Wildman–Crippen LogP) is 2.32. The van der Waals surface area contributed by atoms with Crippen LogP contribution in [0.15, 0.2) is 23.3 Å². The van der Waals surface area contributed by atoms with Gasteiger partial charge in [0.25, 0.3) is 0 Å². The van der Waals surface area contributed by atoms with E-state index in [1.54, 1.807) is 6.92 Å². The Hall–Kier alpha value is -1.58. The Bertz CT molecular complexity index is 366. The normalized spacial score (nSPS) is 12.6. The first-order chi connectivity index (χ1) is 8.82. The van der Waals surface area contributed by atoms with Gasteiger partial charge in [-0.15, -0.1) is 0 Å². The molecule has 0 spiro atoms. The van der Waals surface area contributed by atoms with E-state index in [1.807, 2.05) is 6.08 Å². The highest BCUT2D eigenvalue weighted by Gasteiger charge is 2.11. The van der Waals surface area contributed by atoms with Crippen molar-refractivity contribution in [3.05, 3.63) is 23.3 Å². The standard InChI is InChI=1S/C15H26N2O2/c1-11(2)7-6-8-12(3)9-10-16-15(19)13(4)17-14(5)18/h7,9,13H,6,8,10H2,1-5H3,(H,16,19)(H,17,18)/b12-9+/t13-/m0/s1. The minimum Gasteiger partial charge on any atom is -0.351 e. The quantitative estimate of drug-likeness (QED) is 0.695. The van der Waals surface area contributed by atoms with Crippen LogP contribution in [0.4, 0.5) is 0 Å². The Morgan fingerprint density at radius 1 is 1.11 bits per heavy atom. The van der Waals surface area contributed by atoms with Gasteiger partial charge in [-0.2, -0.15) is 0 Å². The van der Waals surface area contributed by atoms with E-state index < -0.39 is 6.04 Å². The van der Waals surface area contributed by atoms with Crippen LogP contribution in [0, 0.1) is 0 Å². The Kier molecular flexibility index (Phi) is 8.58. The fraction of sp³-hybridized carbons (Fsp3) is 0.600. The molecule has 0 bridgehead atoms. The summed E-state index contributed by atoms with van der Waals surface area (Å²) in [7, 11) is 0. The third kappa shape index (κ3) is 10.1. The molecule has 4 nitrogen and oxygen atoms in total. The largest absolute Gasteiger partial charge is 0.351 e.